The van der Waals surface area contributed by atoms with Crippen molar-refractivity contribution in [3.05, 3.63) is 34.6 Å². The van der Waals surface area contributed by atoms with Crippen molar-refractivity contribution >= 4 is 38.9 Å². The number of nitrogens with zero attached hydrogens (tertiary/aromatic N) is 4. The predicted octanol–water partition coefficient (Wildman–Crippen LogP) is 0.548. The van der Waals surface area contributed by atoms with Crippen molar-refractivity contribution in [3.8, 4) is 0 Å². The number of azo groups is 1. The van der Waals surface area contributed by atoms with Crippen molar-refractivity contribution < 1.29 is 13.0 Å². The number of aromatic amines is 2. The minimum atomic E-state index is -4.51. The normalized spacial score (nSPS) is 12.2. The number of imidazole rings is 1. The molecule has 2 aromatic heterocycles. The fourth-order valence-electron chi connectivity index (χ4n) is 1.74. The van der Waals surface area contributed by atoms with Crippen molar-refractivity contribution in [2.75, 3.05) is 5.73 Å². The summed E-state index contributed by atoms with van der Waals surface area (Å²) in [6.45, 7) is 0. The Morgan fingerprint density at radius 3 is 2.43 bits per heavy atom. The number of aromatic nitrogens is 4. The molecule has 0 saturated heterocycles. The molecule has 0 aliphatic carbocycles. The topological polar surface area (TPSA) is 182 Å². The second kappa shape index (κ2) is 5.26. The molecule has 3 rings (SSSR count). The molecule has 118 valence electrons. The van der Waals surface area contributed by atoms with Crippen molar-refractivity contribution in [1.82, 2.24) is 19.9 Å². The summed E-state index contributed by atoms with van der Waals surface area (Å²) >= 11 is 0. The molecule has 1 aromatic carbocycles. The van der Waals surface area contributed by atoms with E-state index in [2.05, 4.69) is 30.2 Å². The average Bonchev–Trinajstić information content (AvgIpc) is 2.88. The molecule has 0 fully saturated rings. The quantitative estimate of drug-likeness (QED) is 0.461. The molecule has 0 aliphatic heterocycles. The summed E-state index contributed by atoms with van der Waals surface area (Å²) in [6.07, 6.45) is 0. The van der Waals surface area contributed by atoms with Crippen LogP contribution in [0.1, 0.15) is 0 Å². The maximum absolute atomic E-state index is 11.6. The van der Waals surface area contributed by atoms with Crippen LogP contribution < -0.4 is 11.3 Å². The number of H-pyrrole nitrogens is 2. The lowest BCUT2D eigenvalue weighted by Crippen LogP contribution is -2.10. The van der Waals surface area contributed by atoms with E-state index in [4.69, 9.17) is 5.73 Å². The van der Waals surface area contributed by atoms with Crippen LogP contribution in [0, 0.1) is 0 Å². The number of nitrogen functional groups attached to an aromatic ring is 1. The molecule has 11 nitrogen and oxygen atoms in total. The lowest BCUT2D eigenvalue weighted by atomic mass is 10.3. The minimum absolute atomic E-state index is 0.0177. The molecule has 0 spiro atoms. The second-order valence-electron chi connectivity index (χ2n) is 4.36. The molecule has 0 atom stereocenters. The number of hydrogen-bond donors (Lipinski definition) is 3. The van der Waals surface area contributed by atoms with Gasteiger partial charge in [-0.15, -0.1) is 10.2 Å². The van der Waals surface area contributed by atoms with E-state index in [1.165, 1.54) is 12.1 Å². The van der Waals surface area contributed by atoms with Crippen LogP contribution in [-0.2, 0) is 10.1 Å². The smallest absolute Gasteiger partial charge is 0.278 e. The molecule has 0 bridgehead atoms. The molecule has 12 heteroatoms. The number of fused-ring (bicyclic) bond motifs is 1. The Morgan fingerprint density at radius 2 is 1.78 bits per heavy atom. The van der Waals surface area contributed by atoms with Gasteiger partial charge in [-0.3, -0.25) is 9.78 Å². The van der Waals surface area contributed by atoms with E-state index in [-0.39, 0.29) is 28.0 Å². The number of benzene rings is 1. The Kier molecular flexibility index (Phi) is 3.38. The molecule has 4 N–H and O–H groups in total. The van der Waals surface area contributed by atoms with Gasteiger partial charge in [0.15, 0.2) is 11.2 Å². The number of hydrogen-bond acceptors (Lipinski definition) is 9. The van der Waals surface area contributed by atoms with Crippen molar-refractivity contribution in [2.24, 2.45) is 10.2 Å². The summed E-state index contributed by atoms with van der Waals surface area (Å²) in [6, 6.07) is 4.84. The van der Waals surface area contributed by atoms with E-state index in [0.717, 1.165) is 12.1 Å². The van der Waals surface area contributed by atoms with E-state index < -0.39 is 15.7 Å². The lowest BCUT2D eigenvalue weighted by Gasteiger charge is -2.05. The summed E-state index contributed by atoms with van der Waals surface area (Å²) < 4.78 is 32.4. The largest absolute Gasteiger partial charge is 0.744 e. The van der Waals surface area contributed by atoms with E-state index in [1.54, 1.807) is 0 Å². The molecular formula is C11H8N7O4S-. The van der Waals surface area contributed by atoms with Crippen LogP contribution in [0.3, 0.4) is 0 Å². The van der Waals surface area contributed by atoms with Gasteiger partial charge in [0.2, 0.25) is 11.9 Å². The van der Waals surface area contributed by atoms with Crippen LogP contribution >= 0.6 is 0 Å². The predicted molar refractivity (Wildman–Crippen MR) is 77.5 cm³/mol. The highest BCUT2D eigenvalue weighted by Gasteiger charge is 2.08. The Bertz CT molecular complexity index is 1070. The van der Waals surface area contributed by atoms with Crippen LogP contribution in [0.5, 0.6) is 0 Å². The highest BCUT2D eigenvalue weighted by molar-refractivity contribution is 7.85. The Morgan fingerprint density at radius 1 is 1.09 bits per heavy atom. The first-order valence-electron chi connectivity index (χ1n) is 6.06. The van der Waals surface area contributed by atoms with Gasteiger partial charge in [0, 0.05) is 0 Å². The zero-order valence-electron chi connectivity index (χ0n) is 11.2. The first-order chi connectivity index (χ1) is 10.8. The molecule has 23 heavy (non-hydrogen) atoms. The summed E-state index contributed by atoms with van der Waals surface area (Å²) in [7, 11) is -4.51. The van der Waals surface area contributed by atoms with Crippen LogP contribution in [0.15, 0.2) is 44.2 Å². The lowest BCUT2D eigenvalue weighted by molar-refractivity contribution is 0.463. The first-order valence-corrected chi connectivity index (χ1v) is 7.47. The van der Waals surface area contributed by atoms with E-state index in [1.807, 2.05) is 0 Å². The third-order valence-electron chi connectivity index (χ3n) is 2.75. The molecule has 0 radical (unpaired) electrons. The van der Waals surface area contributed by atoms with Crippen LogP contribution in [-0.4, -0.2) is 32.9 Å². The first kappa shape index (κ1) is 14.8. The van der Waals surface area contributed by atoms with Crippen LogP contribution in [0.25, 0.3) is 11.2 Å². The Labute approximate surface area is 128 Å². The van der Waals surface area contributed by atoms with Gasteiger partial charge < -0.3 is 15.3 Å². The summed E-state index contributed by atoms with van der Waals surface area (Å²) in [4.78, 5) is 23.9. The Hall–Kier alpha value is -3.12. The number of rotatable bonds is 3. The molecule has 0 aliphatic rings. The molecule has 3 aromatic rings. The van der Waals surface area contributed by atoms with E-state index in [0.29, 0.717) is 5.69 Å². The zero-order chi connectivity index (χ0) is 16.6. The van der Waals surface area contributed by atoms with Gasteiger partial charge in [0.05, 0.1) is 10.6 Å². The van der Waals surface area contributed by atoms with Gasteiger partial charge in [-0.05, 0) is 24.3 Å². The highest BCUT2D eigenvalue weighted by Crippen LogP contribution is 2.19. The molecule has 2 heterocycles. The van der Waals surface area contributed by atoms with Crippen molar-refractivity contribution in [1.29, 1.82) is 0 Å². The zero-order valence-corrected chi connectivity index (χ0v) is 12.0. The molecule has 0 unspecified atom stereocenters. The molecular weight excluding hydrogens is 326 g/mol. The minimum Gasteiger partial charge on any atom is -0.744 e. The van der Waals surface area contributed by atoms with E-state index >= 15 is 0 Å². The summed E-state index contributed by atoms with van der Waals surface area (Å²) in [5.74, 6) is -0.0592. The number of anilines is 1. The van der Waals surface area contributed by atoms with Gasteiger partial charge in [-0.25, -0.2) is 8.42 Å². The Balaban J connectivity index is 1.91. The fraction of sp³-hybridized carbons (Fsp3) is 0. The van der Waals surface area contributed by atoms with Gasteiger partial charge >= 0.3 is 0 Å². The molecule has 0 saturated carbocycles. The second-order valence-corrected chi connectivity index (χ2v) is 5.74. The maximum Gasteiger partial charge on any atom is 0.278 e. The van der Waals surface area contributed by atoms with Gasteiger partial charge in [0.25, 0.3) is 5.56 Å². The highest BCUT2D eigenvalue weighted by atomic mass is 32.2. The van der Waals surface area contributed by atoms with E-state index in [9.17, 15) is 17.8 Å². The van der Waals surface area contributed by atoms with Gasteiger partial charge in [-0.2, -0.15) is 9.97 Å². The average molecular weight is 334 g/mol. The number of nitrogens with one attached hydrogen (secondary N) is 2. The number of nitrogens with two attached hydrogens (primary N) is 1. The summed E-state index contributed by atoms with van der Waals surface area (Å²) in [5, 5.41) is 7.58. The third kappa shape index (κ3) is 3.07. The maximum atomic E-state index is 11.6. The van der Waals surface area contributed by atoms with Gasteiger partial charge in [-0.1, -0.05) is 0 Å². The molecule has 0 amide bonds. The standard InChI is InChI=1S/C11H9N7O4S/c12-10-14-8-7(9(19)16-10)13-11(15-8)18-17-5-1-3-6(4-2-5)23(20,21)22/h1-4H,(H,20,21,22)(H4,12,13,14,15,16,19)/p-1. The van der Waals surface area contributed by atoms with Gasteiger partial charge in [0.1, 0.15) is 10.1 Å². The third-order valence-corrected chi connectivity index (χ3v) is 3.60. The van der Waals surface area contributed by atoms with Crippen molar-refractivity contribution in [3.63, 3.8) is 0 Å². The van der Waals surface area contributed by atoms with Crippen molar-refractivity contribution in [2.45, 2.75) is 4.90 Å². The monoisotopic (exact) mass is 334 g/mol. The SMILES string of the molecule is Nc1nc2nc(N=Nc3ccc(S(=O)(=O)[O-])cc3)[nH]c2c(=O)[nH]1. The van der Waals surface area contributed by atoms with Crippen LogP contribution in [0.4, 0.5) is 17.6 Å². The summed E-state index contributed by atoms with van der Waals surface area (Å²) in [5.41, 5.74) is 5.38. The van der Waals surface area contributed by atoms with Crippen LogP contribution in [0.2, 0.25) is 0 Å². The fourth-order valence-corrected chi connectivity index (χ4v) is 2.21.